The third-order valence-corrected chi connectivity index (χ3v) is 13.5. The Morgan fingerprint density at radius 3 is 2.57 bits per heavy atom. The highest BCUT2D eigenvalue weighted by molar-refractivity contribution is 5.97. The number of allylic oxidation sites excluding steroid dienone is 3. The summed E-state index contributed by atoms with van der Waals surface area (Å²) in [6, 6.07) is 9.67. The number of piperidine rings is 1. The van der Waals surface area contributed by atoms with E-state index in [0.29, 0.717) is 24.3 Å². The molecule has 10 atom stereocenters. The van der Waals surface area contributed by atoms with Crippen molar-refractivity contribution in [2.75, 3.05) is 6.54 Å². The van der Waals surface area contributed by atoms with Crippen LogP contribution < -0.4 is 0 Å². The van der Waals surface area contributed by atoms with E-state index in [1.807, 2.05) is 35.2 Å². The molecule has 0 aromatic heterocycles. The van der Waals surface area contributed by atoms with E-state index in [1.165, 1.54) is 11.1 Å². The molecule has 7 rings (SSSR count). The van der Waals surface area contributed by atoms with Crippen molar-refractivity contribution < 1.29 is 37.3 Å². The number of halogens is 3. The van der Waals surface area contributed by atoms with E-state index in [9.17, 15) is 27.9 Å². The largest absolute Gasteiger partial charge is 0.504 e. The molecule has 1 aromatic rings. The van der Waals surface area contributed by atoms with Crippen molar-refractivity contribution in [2.45, 2.75) is 116 Å². The Morgan fingerprint density at radius 1 is 1.11 bits per heavy atom. The number of nitrogens with zero attached hydrogens (tertiary/aromatic N) is 1. The minimum absolute atomic E-state index is 0.0100. The fourth-order valence-corrected chi connectivity index (χ4v) is 11.2. The minimum Gasteiger partial charge on any atom is -0.504 e. The van der Waals surface area contributed by atoms with Gasteiger partial charge in [0, 0.05) is 24.5 Å². The molecule has 5 fully saturated rings. The number of hydrogen-bond acceptors (Lipinski definition) is 5. The van der Waals surface area contributed by atoms with Gasteiger partial charge in [-0.1, -0.05) is 62.2 Å². The van der Waals surface area contributed by atoms with Gasteiger partial charge in [-0.25, -0.2) is 4.79 Å². The van der Waals surface area contributed by atoms with Crippen LogP contribution in [-0.4, -0.2) is 52.4 Å². The molecule has 1 N–H and O–H groups in total. The maximum atomic E-state index is 13.5. The lowest BCUT2D eigenvalue weighted by atomic mass is 9.51. The van der Waals surface area contributed by atoms with Gasteiger partial charge < -0.3 is 19.5 Å². The van der Waals surface area contributed by atoms with Crippen LogP contribution in [0.1, 0.15) is 91.0 Å². The van der Waals surface area contributed by atoms with Gasteiger partial charge in [-0.3, -0.25) is 4.79 Å². The molecule has 0 bridgehead atoms. The highest BCUT2D eigenvalue weighted by Gasteiger charge is 2.61. The molecule has 3 saturated carbocycles. The maximum Gasteiger partial charge on any atom is 0.449 e. The predicted octanol–water partition coefficient (Wildman–Crippen LogP) is 8.71. The van der Waals surface area contributed by atoms with Crippen LogP contribution in [-0.2, 0) is 20.9 Å². The van der Waals surface area contributed by atoms with Gasteiger partial charge >= 0.3 is 12.3 Å². The van der Waals surface area contributed by atoms with Crippen LogP contribution in [0.4, 0.5) is 18.0 Å². The SMILES string of the molecule is CC1=C2C[C@H]3[C@@H](CC[C@@H]4CC(=O)/C(=C(\O)C(F)(F)F)C[C@@]43C)[C@@H]2CC[C@@]2(C1)O[C@@H]1C[C@H](C)CN(C(=O)OCc3ccccc3)[C@H]1[C@H]2C. The number of rotatable bonds is 2. The van der Waals surface area contributed by atoms with Gasteiger partial charge in [0.25, 0.3) is 0 Å². The van der Waals surface area contributed by atoms with E-state index in [1.54, 1.807) is 0 Å². The van der Waals surface area contributed by atoms with E-state index in [2.05, 4.69) is 27.7 Å². The number of aliphatic hydroxyl groups is 1. The van der Waals surface area contributed by atoms with Crippen molar-refractivity contribution >= 4 is 11.9 Å². The number of aliphatic hydroxyl groups excluding tert-OH is 1. The van der Waals surface area contributed by atoms with E-state index >= 15 is 0 Å². The second-order valence-electron chi connectivity index (χ2n) is 16.0. The van der Waals surface area contributed by atoms with Crippen molar-refractivity contribution in [1.29, 1.82) is 0 Å². The number of carbonyl (C=O) groups excluding carboxylic acids is 2. The zero-order valence-electron chi connectivity index (χ0n) is 27.9. The lowest BCUT2D eigenvalue weighted by Gasteiger charge is -2.52. The number of amides is 1. The second-order valence-corrected chi connectivity index (χ2v) is 16.0. The Hall–Kier alpha value is -2.81. The van der Waals surface area contributed by atoms with E-state index in [0.717, 1.165) is 50.5 Å². The Kier molecular flexibility index (Phi) is 8.12. The Bertz CT molecular complexity index is 1490. The molecule has 2 saturated heterocycles. The number of fused-ring (bicyclic) bond motifs is 6. The number of alkyl halides is 3. The fourth-order valence-electron chi connectivity index (χ4n) is 11.2. The minimum atomic E-state index is -4.92. The van der Waals surface area contributed by atoms with Crippen molar-refractivity contribution in [1.82, 2.24) is 4.90 Å². The van der Waals surface area contributed by atoms with Gasteiger partial charge in [-0.05, 0) is 98.9 Å². The molecule has 0 radical (unpaired) electrons. The smallest absolute Gasteiger partial charge is 0.449 e. The predicted molar refractivity (Wildman–Crippen MR) is 170 cm³/mol. The molecule has 4 aliphatic carbocycles. The van der Waals surface area contributed by atoms with Crippen molar-refractivity contribution in [3.63, 3.8) is 0 Å². The first-order chi connectivity index (χ1) is 22.2. The summed E-state index contributed by atoms with van der Waals surface area (Å²) in [5.41, 5.74) is 2.43. The van der Waals surface area contributed by atoms with Gasteiger partial charge in [0.05, 0.1) is 17.7 Å². The summed E-state index contributed by atoms with van der Waals surface area (Å²) in [6.07, 6.45) is 0.944. The summed E-state index contributed by atoms with van der Waals surface area (Å²) in [7, 11) is 0. The van der Waals surface area contributed by atoms with E-state index < -0.39 is 28.7 Å². The van der Waals surface area contributed by atoms with Crippen molar-refractivity contribution in [2.24, 2.45) is 40.9 Å². The molecule has 6 aliphatic rings. The molecule has 47 heavy (non-hydrogen) atoms. The zero-order valence-corrected chi connectivity index (χ0v) is 27.9. The quantitative estimate of drug-likeness (QED) is 0.196. The number of carbonyl (C=O) groups is 2. The van der Waals surface area contributed by atoms with Crippen LogP contribution in [0, 0.1) is 40.9 Å². The van der Waals surface area contributed by atoms with Crippen LogP contribution in [0.15, 0.2) is 52.8 Å². The number of likely N-dealkylation sites (tertiary alicyclic amines) is 1. The summed E-state index contributed by atoms with van der Waals surface area (Å²) < 4.78 is 53.6. The average molecular weight is 656 g/mol. The second kappa shape index (κ2) is 11.7. The van der Waals surface area contributed by atoms with Crippen LogP contribution in [0.2, 0.25) is 0 Å². The molecule has 6 nitrogen and oxygen atoms in total. The number of Topliss-reactive ketones (excluding diaryl/α,β-unsaturated/α-hetero) is 1. The molecule has 1 amide bonds. The van der Waals surface area contributed by atoms with E-state index in [4.69, 9.17) is 9.47 Å². The van der Waals surface area contributed by atoms with Crippen LogP contribution >= 0.6 is 0 Å². The fraction of sp³-hybridized carbons (Fsp3) is 0.684. The topological polar surface area (TPSA) is 76.1 Å². The third kappa shape index (κ3) is 5.43. The van der Waals surface area contributed by atoms with Gasteiger partial charge in [-0.2, -0.15) is 13.2 Å². The molecule has 2 heterocycles. The monoisotopic (exact) mass is 655 g/mol. The number of ketones is 1. The summed E-state index contributed by atoms with van der Waals surface area (Å²) in [5, 5.41) is 10.1. The first-order valence-corrected chi connectivity index (χ1v) is 17.6. The summed E-state index contributed by atoms with van der Waals surface area (Å²) in [6.45, 7) is 9.58. The third-order valence-electron chi connectivity index (χ3n) is 13.5. The first-order valence-electron chi connectivity index (χ1n) is 17.6. The first kappa shape index (κ1) is 32.7. The molecular weight excluding hydrogens is 607 g/mol. The summed E-state index contributed by atoms with van der Waals surface area (Å²) >= 11 is 0. The van der Waals surface area contributed by atoms with Crippen LogP contribution in [0.25, 0.3) is 0 Å². The molecule has 9 heteroatoms. The molecule has 2 aliphatic heterocycles. The van der Waals surface area contributed by atoms with Gasteiger partial charge in [0.1, 0.15) is 6.61 Å². The maximum absolute atomic E-state index is 13.5. The highest BCUT2D eigenvalue weighted by atomic mass is 19.4. The number of ether oxygens (including phenoxy) is 2. The van der Waals surface area contributed by atoms with E-state index in [-0.39, 0.29) is 61.0 Å². The number of benzene rings is 1. The Balaban J connectivity index is 1.12. The van der Waals surface area contributed by atoms with Gasteiger partial charge in [0.15, 0.2) is 5.78 Å². The molecular formula is C38H48F3NO5. The molecule has 256 valence electrons. The average Bonchev–Trinajstić information content (AvgIpc) is 3.49. The number of hydrogen-bond donors (Lipinski definition) is 1. The molecule has 1 spiro atoms. The Morgan fingerprint density at radius 2 is 1.85 bits per heavy atom. The van der Waals surface area contributed by atoms with Crippen LogP contribution in [0.5, 0.6) is 0 Å². The van der Waals surface area contributed by atoms with Gasteiger partial charge in [-0.15, -0.1) is 0 Å². The van der Waals surface area contributed by atoms with Crippen molar-refractivity contribution in [3.8, 4) is 0 Å². The summed E-state index contributed by atoms with van der Waals surface area (Å²) in [4.78, 5) is 28.3. The molecule has 1 aromatic carbocycles. The van der Waals surface area contributed by atoms with Gasteiger partial charge in [0.2, 0.25) is 5.76 Å². The lowest BCUT2D eigenvalue weighted by molar-refractivity contribution is -0.134. The summed E-state index contributed by atoms with van der Waals surface area (Å²) in [5.74, 6) is -0.958. The zero-order chi connectivity index (χ0) is 33.5. The van der Waals surface area contributed by atoms with Crippen LogP contribution in [0.3, 0.4) is 0 Å². The molecule has 0 unspecified atom stereocenters. The normalized spacial score (nSPS) is 41.2. The standard InChI is InChI=1S/C38H48F3NO5/c1-21-14-32-33(42(19-21)35(45)46-20-24-8-6-5-7-9-24)23(3)37(47-32)13-12-26-27-11-10-25-15-31(43)29(34(44)38(39,40)41)18-36(25,4)30(27)16-28(26)22(2)17-37/h5-9,21,23,25-27,30,32-33,44H,10-20H2,1-4H3/b34-29-/t21-,23+,25+,26-,27-,30-,32+,33-,36-,37-/m0/s1. The lowest BCUT2D eigenvalue weighted by Crippen LogP contribution is -2.54. The Labute approximate surface area is 275 Å². The van der Waals surface area contributed by atoms with Crippen molar-refractivity contribution in [3.05, 3.63) is 58.4 Å². The highest BCUT2D eigenvalue weighted by Crippen LogP contribution is 2.66.